The van der Waals surface area contributed by atoms with Gasteiger partial charge in [0.25, 0.3) is 5.91 Å². The van der Waals surface area contributed by atoms with Crippen molar-refractivity contribution >= 4 is 22.9 Å². The lowest BCUT2D eigenvalue weighted by Crippen LogP contribution is -2.13. The van der Waals surface area contributed by atoms with Gasteiger partial charge in [-0.15, -0.1) is 11.3 Å². The molecule has 0 fully saturated rings. The molecule has 3 rings (SSSR count). The number of para-hydroxylation sites is 2. The van der Waals surface area contributed by atoms with Crippen LogP contribution < -0.4 is 19.5 Å². The molecule has 0 saturated carbocycles. The number of nitrogens with zero attached hydrogens (tertiary/aromatic N) is 1. The molecule has 3 aromatic rings. The molecule has 2 aromatic carbocycles. The lowest BCUT2D eigenvalue weighted by atomic mass is 10.2. The first-order chi connectivity index (χ1) is 12.7. The Balaban J connectivity index is 1.82. The zero-order chi connectivity index (χ0) is 18.5. The summed E-state index contributed by atoms with van der Waals surface area (Å²) in [7, 11) is 4.72. The van der Waals surface area contributed by atoms with Gasteiger partial charge in [0.2, 0.25) is 0 Å². The molecule has 0 aliphatic carbocycles. The highest BCUT2D eigenvalue weighted by Gasteiger charge is 2.15. The fraction of sp³-hybridized carbons (Fsp3) is 0.158. The van der Waals surface area contributed by atoms with Crippen LogP contribution in [0.15, 0.2) is 47.8 Å². The standard InChI is InChI=1S/C19H18N2O4S/c1-23-15-7-5-4-6-13(15)20-18(22)14-11-26-19(21-14)12-8-9-16(24-2)17(10-12)25-3/h4-11H,1-3H3,(H,20,22). The molecule has 7 heteroatoms. The first-order valence-electron chi connectivity index (χ1n) is 7.78. The predicted molar refractivity (Wildman–Crippen MR) is 102 cm³/mol. The van der Waals surface area contributed by atoms with Crippen molar-refractivity contribution in [3.63, 3.8) is 0 Å². The molecule has 0 aliphatic heterocycles. The van der Waals surface area contributed by atoms with Crippen LogP contribution in [-0.2, 0) is 0 Å². The number of hydrogen-bond donors (Lipinski definition) is 1. The summed E-state index contributed by atoms with van der Waals surface area (Å²) in [6, 6.07) is 12.7. The van der Waals surface area contributed by atoms with Crippen LogP contribution >= 0.6 is 11.3 Å². The second kappa shape index (κ2) is 7.88. The summed E-state index contributed by atoms with van der Waals surface area (Å²) in [6.07, 6.45) is 0. The lowest BCUT2D eigenvalue weighted by molar-refractivity contribution is 0.102. The van der Waals surface area contributed by atoms with Gasteiger partial charge in [0.05, 0.1) is 27.0 Å². The van der Waals surface area contributed by atoms with Gasteiger partial charge in [0, 0.05) is 10.9 Å². The molecule has 0 saturated heterocycles. The molecule has 134 valence electrons. The van der Waals surface area contributed by atoms with Crippen LogP contribution in [0.3, 0.4) is 0 Å². The molecule has 0 atom stereocenters. The van der Waals surface area contributed by atoms with Crippen LogP contribution in [0.2, 0.25) is 0 Å². The fourth-order valence-corrected chi connectivity index (χ4v) is 3.21. The van der Waals surface area contributed by atoms with Gasteiger partial charge in [-0.2, -0.15) is 0 Å². The third-order valence-electron chi connectivity index (χ3n) is 3.72. The van der Waals surface area contributed by atoms with Gasteiger partial charge in [-0.3, -0.25) is 4.79 Å². The van der Waals surface area contributed by atoms with E-state index in [1.165, 1.54) is 11.3 Å². The summed E-state index contributed by atoms with van der Waals surface area (Å²) in [5.41, 5.74) is 1.79. The van der Waals surface area contributed by atoms with Crippen LogP contribution in [0.25, 0.3) is 10.6 Å². The van der Waals surface area contributed by atoms with Crippen molar-refractivity contribution in [3.8, 4) is 27.8 Å². The third-order valence-corrected chi connectivity index (χ3v) is 4.61. The van der Waals surface area contributed by atoms with E-state index < -0.39 is 0 Å². The Morgan fingerprint density at radius 3 is 2.42 bits per heavy atom. The van der Waals surface area contributed by atoms with Gasteiger partial charge in [-0.25, -0.2) is 4.98 Å². The minimum absolute atomic E-state index is 0.294. The number of ether oxygens (including phenoxy) is 3. The first-order valence-corrected chi connectivity index (χ1v) is 8.66. The zero-order valence-electron chi connectivity index (χ0n) is 14.6. The fourth-order valence-electron chi connectivity index (χ4n) is 2.41. The number of benzene rings is 2. The summed E-state index contributed by atoms with van der Waals surface area (Å²) in [4.78, 5) is 16.9. The Labute approximate surface area is 155 Å². The Morgan fingerprint density at radius 2 is 1.69 bits per heavy atom. The Bertz CT molecular complexity index is 923. The molecule has 1 aromatic heterocycles. The number of nitrogens with one attached hydrogen (secondary N) is 1. The average molecular weight is 370 g/mol. The first kappa shape index (κ1) is 17.8. The summed E-state index contributed by atoms with van der Waals surface area (Å²) in [5, 5.41) is 5.26. The van der Waals surface area contributed by atoms with E-state index in [0.29, 0.717) is 28.6 Å². The van der Waals surface area contributed by atoms with Gasteiger partial charge in [0.1, 0.15) is 16.5 Å². The van der Waals surface area contributed by atoms with Gasteiger partial charge in [-0.05, 0) is 30.3 Å². The van der Waals surface area contributed by atoms with Crippen LogP contribution in [0.5, 0.6) is 17.2 Å². The highest BCUT2D eigenvalue weighted by Crippen LogP contribution is 2.33. The van der Waals surface area contributed by atoms with Gasteiger partial charge >= 0.3 is 0 Å². The molecule has 0 bridgehead atoms. The quantitative estimate of drug-likeness (QED) is 0.708. The normalized spacial score (nSPS) is 10.3. The number of methoxy groups -OCH3 is 3. The van der Waals surface area contributed by atoms with E-state index in [1.807, 2.05) is 30.3 Å². The molecule has 26 heavy (non-hydrogen) atoms. The van der Waals surface area contributed by atoms with E-state index in [0.717, 1.165) is 10.6 Å². The minimum atomic E-state index is -0.294. The van der Waals surface area contributed by atoms with E-state index in [9.17, 15) is 4.79 Å². The van der Waals surface area contributed by atoms with Crippen molar-refractivity contribution in [2.45, 2.75) is 0 Å². The van der Waals surface area contributed by atoms with Gasteiger partial charge < -0.3 is 19.5 Å². The van der Waals surface area contributed by atoms with E-state index in [1.54, 1.807) is 38.8 Å². The van der Waals surface area contributed by atoms with Crippen molar-refractivity contribution in [1.29, 1.82) is 0 Å². The number of thiazole rings is 1. The summed E-state index contributed by atoms with van der Waals surface area (Å²) in [6.45, 7) is 0. The molecular formula is C19H18N2O4S. The highest BCUT2D eigenvalue weighted by atomic mass is 32.1. The SMILES string of the molecule is COc1ccccc1NC(=O)c1csc(-c2ccc(OC)c(OC)c2)n1. The third kappa shape index (κ3) is 3.62. The number of carbonyl (C=O) groups is 1. The van der Waals surface area contributed by atoms with E-state index in [2.05, 4.69) is 10.3 Å². The Hall–Kier alpha value is -3.06. The molecule has 6 nitrogen and oxygen atoms in total. The number of anilines is 1. The topological polar surface area (TPSA) is 69.7 Å². The number of amides is 1. The smallest absolute Gasteiger partial charge is 0.275 e. The summed E-state index contributed by atoms with van der Waals surface area (Å²) < 4.78 is 15.8. The Morgan fingerprint density at radius 1 is 0.962 bits per heavy atom. The molecular weight excluding hydrogens is 352 g/mol. The Kier molecular flexibility index (Phi) is 5.38. The van der Waals surface area contributed by atoms with Gasteiger partial charge in [-0.1, -0.05) is 12.1 Å². The molecule has 0 aliphatic rings. The van der Waals surface area contributed by atoms with Crippen LogP contribution in [0.1, 0.15) is 10.5 Å². The van der Waals surface area contributed by atoms with Crippen molar-refractivity contribution < 1.29 is 19.0 Å². The minimum Gasteiger partial charge on any atom is -0.495 e. The second-order valence-electron chi connectivity index (χ2n) is 5.26. The maximum Gasteiger partial charge on any atom is 0.275 e. The molecule has 0 unspecified atom stereocenters. The van der Waals surface area contributed by atoms with Gasteiger partial charge in [0.15, 0.2) is 11.5 Å². The predicted octanol–water partition coefficient (Wildman–Crippen LogP) is 4.09. The molecule has 1 heterocycles. The van der Waals surface area contributed by atoms with E-state index in [-0.39, 0.29) is 5.91 Å². The summed E-state index contributed by atoms with van der Waals surface area (Å²) in [5.74, 6) is 1.55. The van der Waals surface area contributed by atoms with E-state index in [4.69, 9.17) is 14.2 Å². The van der Waals surface area contributed by atoms with Crippen LogP contribution in [-0.4, -0.2) is 32.2 Å². The monoisotopic (exact) mass is 370 g/mol. The zero-order valence-corrected chi connectivity index (χ0v) is 15.4. The van der Waals surface area contributed by atoms with Crippen molar-refractivity contribution in [2.75, 3.05) is 26.6 Å². The van der Waals surface area contributed by atoms with Crippen LogP contribution in [0.4, 0.5) is 5.69 Å². The van der Waals surface area contributed by atoms with Crippen molar-refractivity contribution in [1.82, 2.24) is 4.98 Å². The number of aromatic nitrogens is 1. The second-order valence-corrected chi connectivity index (χ2v) is 6.12. The van der Waals surface area contributed by atoms with Crippen molar-refractivity contribution in [3.05, 3.63) is 53.5 Å². The van der Waals surface area contributed by atoms with E-state index >= 15 is 0 Å². The molecule has 0 spiro atoms. The maximum atomic E-state index is 12.5. The average Bonchev–Trinajstić information content (AvgIpc) is 3.18. The lowest BCUT2D eigenvalue weighted by Gasteiger charge is -2.09. The largest absolute Gasteiger partial charge is 0.495 e. The highest BCUT2D eigenvalue weighted by molar-refractivity contribution is 7.13. The molecule has 1 N–H and O–H groups in total. The van der Waals surface area contributed by atoms with Crippen LogP contribution in [0, 0.1) is 0 Å². The van der Waals surface area contributed by atoms with Crippen molar-refractivity contribution in [2.24, 2.45) is 0 Å². The number of rotatable bonds is 6. The molecule has 1 amide bonds. The summed E-state index contributed by atoms with van der Waals surface area (Å²) >= 11 is 1.38. The number of carbonyl (C=O) groups excluding carboxylic acids is 1. The molecule has 0 radical (unpaired) electrons. The number of hydrogen-bond acceptors (Lipinski definition) is 6. The maximum absolute atomic E-state index is 12.5.